The largest absolute Gasteiger partial charge is 0.394 e. The van der Waals surface area contributed by atoms with Crippen LogP contribution in [0.15, 0.2) is 15.8 Å². The van der Waals surface area contributed by atoms with Gasteiger partial charge >= 0.3 is 5.69 Å². The zero-order chi connectivity index (χ0) is 14.4. The van der Waals surface area contributed by atoms with E-state index in [0.29, 0.717) is 0 Å². The lowest BCUT2D eigenvalue weighted by Crippen LogP contribution is -2.33. The molecule has 0 amide bonds. The van der Waals surface area contributed by atoms with Gasteiger partial charge in [-0.3, -0.25) is 9.78 Å². The molecule has 0 bridgehead atoms. The van der Waals surface area contributed by atoms with Crippen molar-refractivity contribution in [1.82, 2.24) is 19.7 Å². The molecule has 0 spiro atoms. The van der Waals surface area contributed by atoms with Gasteiger partial charge in [-0.05, 0) is 0 Å². The number of H-pyrrole nitrogens is 2. The second kappa shape index (κ2) is 4.52. The van der Waals surface area contributed by atoms with E-state index >= 15 is 0 Å². The van der Waals surface area contributed by atoms with Crippen LogP contribution in [0.3, 0.4) is 0 Å². The van der Waals surface area contributed by atoms with E-state index in [1.165, 1.54) is 6.20 Å². The molecule has 20 heavy (non-hydrogen) atoms. The summed E-state index contributed by atoms with van der Waals surface area (Å²) in [7, 11) is 0. The minimum absolute atomic E-state index is 0.000519. The molecular weight excluding hydrogens is 272 g/mol. The van der Waals surface area contributed by atoms with Gasteiger partial charge in [0.2, 0.25) is 0 Å². The Labute approximate surface area is 110 Å². The second-order valence-electron chi connectivity index (χ2n) is 4.49. The average Bonchev–Trinajstić information content (AvgIpc) is 2.93. The van der Waals surface area contributed by atoms with Gasteiger partial charge in [0.15, 0.2) is 11.7 Å². The summed E-state index contributed by atoms with van der Waals surface area (Å²) in [6.45, 7) is -0.485. The van der Waals surface area contributed by atoms with Crippen LogP contribution < -0.4 is 11.2 Å². The third-order valence-corrected chi connectivity index (χ3v) is 3.24. The molecule has 4 atom stereocenters. The molecule has 1 aliphatic rings. The van der Waals surface area contributed by atoms with E-state index in [4.69, 9.17) is 9.84 Å². The van der Waals surface area contributed by atoms with Crippen LogP contribution in [0.2, 0.25) is 0 Å². The van der Waals surface area contributed by atoms with Gasteiger partial charge < -0.3 is 25.0 Å². The lowest BCUT2D eigenvalue weighted by atomic mass is 10.1. The fourth-order valence-corrected chi connectivity index (χ4v) is 2.27. The van der Waals surface area contributed by atoms with Crippen molar-refractivity contribution in [2.75, 3.05) is 6.61 Å². The molecule has 0 aliphatic carbocycles. The number of ether oxygens (including phenoxy) is 1. The van der Waals surface area contributed by atoms with Crippen molar-refractivity contribution < 1.29 is 20.1 Å². The average molecular weight is 284 g/mol. The Bertz CT molecular complexity index is 748. The van der Waals surface area contributed by atoms with Crippen molar-refractivity contribution in [3.63, 3.8) is 0 Å². The molecule has 1 saturated heterocycles. The first-order chi connectivity index (χ1) is 9.52. The molecule has 108 valence electrons. The van der Waals surface area contributed by atoms with E-state index in [2.05, 4.69) is 10.1 Å². The lowest BCUT2D eigenvalue weighted by Gasteiger charge is -2.15. The minimum Gasteiger partial charge on any atom is -0.394 e. The molecule has 10 nitrogen and oxygen atoms in total. The van der Waals surface area contributed by atoms with Gasteiger partial charge in [-0.2, -0.15) is 5.10 Å². The number of hydrogen-bond donors (Lipinski definition) is 5. The van der Waals surface area contributed by atoms with E-state index in [-0.39, 0.29) is 11.0 Å². The fourth-order valence-electron chi connectivity index (χ4n) is 2.27. The van der Waals surface area contributed by atoms with E-state index < -0.39 is 42.4 Å². The number of rotatable bonds is 2. The predicted molar refractivity (Wildman–Crippen MR) is 64.0 cm³/mol. The Morgan fingerprint density at radius 1 is 1.30 bits per heavy atom. The van der Waals surface area contributed by atoms with E-state index in [1.807, 2.05) is 4.98 Å². The summed E-state index contributed by atoms with van der Waals surface area (Å²) in [5.74, 6) is 0. The number of nitrogens with zero attached hydrogens (tertiary/aromatic N) is 2. The number of aromatic amines is 2. The van der Waals surface area contributed by atoms with Crippen molar-refractivity contribution >= 4 is 11.0 Å². The molecular formula is C10H12N4O6. The third-order valence-electron chi connectivity index (χ3n) is 3.24. The predicted octanol–water partition coefficient (Wildman–Crippen LogP) is -2.98. The lowest BCUT2D eigenvalue weighted by molar-refractivity contribution is -0.0564. The van der Waals surface area contributed by atoms with Crippen molar-refractivity contribution in [1.29, 1.82) is 0 Å². The highest BCUT2D eigenvalue weighted by Crippen LogP contribution is 2.29. The van der Waals surface area contributed by atoms with E-state index in [9.17, 15) is 19.8 Å². The highest BCUT2D eigenvalue weighted by atomic mass is 16.6. The maximum absolute atomic E-state index is 11.8. The molecule has 0 radical (unpaired) electrons. The summed E-state index contributed by atoms with van der Waals surface area (Å²) in [4.78, 5) is 27.4. The minimum atomic E-state index is -1.36. The number of aliphatic hydroxyl groups excluding tert-OH is 3. The molecule has 0 aromatic carbocycles. The molecule has 2 aromatic rings. The maximum atomic E-state index is 11.8. The number of aliphatic hydroxyl groups is 3. The van der Waals surface area contributed by atoms with Gasteiger partial charge in [0.05, 0.1) is 18.3 Å². The van der Waals surface area contributed by atoms with Crippen LogP contribution in [0.1, 0.15) is 6.23 Å². The Kier molecular flexibility index (Phi) is 2.94. The summed E-state index contributed by atoms with van der Waals surface area (Å²) >= 11 is 0. The first-order valence-electron chi connectivity index (χ1n) is 5.85. The van der Waals surface area contributed by atoms with E-state index in [1.54, 1.807) is 0 Å². The fraction of sp³-hybridized carbons (Fsp3) is 0.500. The van der Waals surface area contributed by atoms with Crippen molar-refractivity contribution in [2.24, 2.45) is 0 Å². The van der Waals surface area contributed by atoms with Crippen LogP contribution in [0.4, 0.5) is 0 Å². The van der Waals surface area contributed by atoms with Crippen molar-refractivity contribution in [2.45, 2.75) is 24.5 Å². The molecule has 3 rings (SSSR count). The van der Waals surface area contributed by atoms with Gasteiger partial charge in [-0.15, -0.1) is 0 Å². The summed E-state index contributed by atoms with van der Waals surface area (Å²) in [5, 5.41) is 32.5. The number of nitrogens with one attached hydrogen (secondary N) is 2. The quantitative estimate of drug-likeness (QED) is 0.394. The monoisotopic (exact) mass is 284 g/mol. The number of hydrogen-bond acceptors (Lipinski definition) is 7. The number of fused-ring (bicyclic) bond motifs is 1. The van der Waals surface area contributed by atoms with Crippen LogP contribution in [0, 0.1) is 0 Å². The molecule has 2 aromatic heterocycles. The van der Waals surface area contributed by atoms with Crippen LogP contribution in [-0.4, -0.2) is 60.0 Å². The first kappa shape index (κ1) is 13.0. The highest BCUT2D eigenvalue weighted by Gasteiger charge is 2.44. The Morgan fingerprint density at radius 2 is 2.05 bits per heavy atom. The SMILES string of the molecule is O=c1[nH]c(=O)c2c(cnn2[C@@H]2O[C@H](CO)[C@@H](O)[C@@H]2O)[nH]1. The molecule has 0 saturated carbocycles. The summed E-state index contributed by atoms with van der Waals surface area (Å²) in [6.07, 6.45) is -3.53. The van der Waals surface area contributed by atoms with Gasteiger partial charge in [0, 0.05) is 0 Å². The van der Waals surface area contributed by atoms with Crippen LogP contribution in [-0.2, 0) is 4.74 Å². The van der Waals surface area contributed by atoms with Gasteiger partial charge in [0.25, 0.3) is 5.56 Å². The van der Waals surface area contributed by atoms with Crippen LogP contribution in [0.25, 0.3) is 11.0 Å². The van der Waals surface area contributed by atoms with Crippen molar-refractivity contribution in [3.05, 3.63) is 27.0 Å². The molecule has 0 unspecified atom stereocenters. The van der Waals surface area contributed by atoms with Gasteiger partial charge in [-0.25, -0.2) is 9.48 Å². The smallest absolute Gasteiger partial charge is 0.326 e. The topological polar surface area (TPSA) is 153 Å². The molecule has 3 heterocycles. The zero-order valence-electron chi connectivity index (χ0n) is 10.1. The van der Waals surface area contributed by atoms with Crippen LogP contribution >= 0.6 is 0 Å². The summed E-state index contributed by atoms with van der Waals surface area (Å²) in [6, 6.07) is 0. The van der Waals surface area contributed by atoms with Crippen LogP contribution in [0.5, 0.6) is 0 Å². The Balaban J connectivity index is 2.12. The molecule has 1 aliphatic heterocycles. The number of aromatic nitrogens is 4. The maximum Gasteiger partial charge on any atom is 0.326 e. The highest BCUT2D eigenvalue weighted by molar-refractivity contribution is 5.72. The Morgan fingerprint density at radius 3 is 2.70 bits per heavy atom. The van der Waals surface area contributed by atoms with Crippen molar-refractivity contribution in [3.8, 4) is 0 Å². The van der Waals surface area contributed by atoms with Gasteiger partial charge in [0.1, 0.15) is 18.3 Å². The second-order valence-corrected chi connectivity index (χ2v) is 4.49. The molecule has 5 N–H and O–H groups in total. The zero-order valence-corrected chi connectivity index (χ0v) is 10.1. The standard InChI is InChI=1S/C10H12N4O6/c15-2-4-6(16)7(17)9(20-4)14-5-3(1-11-14)12-10(19)13-8(5)18/h1,4,6-7,9,15-17H,2H2,(H2,12,13,18,19)/t4-,6-,7+,9-/m1/s1. The molecule has 1 fully saturated rings. The van der Waals surface area contributed by atoms with Gasteiger partial charge in [-0.1, -0.05) is 0 Å². The summed E-state index contributed by atoms with van der Waals surface area (Å²) < 4.78 is 6.34. The third kappa shape index (κ3) is 1.78. The van der Waals surface area contributed by atoms with E-state index in [0.717, 1.165) is 4.68 Å². The Hall–Kier alpha value is -2.01. The normalized spacial score (nSPS) is 30.1. The summed E-state index contributed by atoms with van der Waals surface area (Å²) in [5.41, 5.74) is -1.20. The first-order valence-corrected chi connectivity index (χ1v) is 5.85. The molecule has 10 heteroatoms.